The van der Waals surface area contributed by atoms with E-state index in [1.807, 2.05) is 30.3 Å². The summed E-state index contributed by atoms with van der Waals surface area (Å²) in [5, 5.41) is 12.0. The van der Waals surface area contributed by atoms with E-state index in [0.717, 1.165) is 10.8 Å². The molecule has 3 aromatic rings. The molecule has 1 N–H and O–H groups in total. The third-order valence-electron chi connectivity index (χ3n) is 3.70. The van der Waals surface area contributed by atoms with Crippen LogP contribution in [0.1, 0.15) is 24.0 Å². The molecule has 0 fully saturated rings. The van der Waals surface area contributed by atoms with E-state index in [4.69, 9.17) is 0 Å². The van der Waals surface area contributed by atoms with E-state index in [2.05, 4.69) is 37.3 Å². The van der Waals surface area contributed by atoms with Gasteiger partial charge in [-0.2, -0.15) is 0 Å². The first-order chi connectivity index (χ1) is 9.27. The Morgan fingerprint density at radius 2 is 1.37 bits per heavy atom. The highest BCUT2D eigenvalue weighted by Gasteiger charge is 2.12. The van der Waals surface area contributed by atoms with Crippen molar-refractivity contribution in [2.45, 2.75) is 12.8 Å². The van der Waals surface area contributed by atoms with Gasteiger partial charge in [0.15, 0.2) is 0 Å². The average Bonchev–Trinajstić information content (AvgIpc) is 2.48. The average molecular weight is 248 g/mol. The van der Waals surface area contributed by atoms with Crippen molar-refractivity contribution in [3.63, 3.8) is 0 Å². The molecule has 0 bridgehead atoms. The van der Waals surface area contributed by atoms with Crippen molar-refractivity contribution in [3.8, 4) is 5.75 Å². The molecule has 0 aliphatic carbocycles. The summed E-state index contributed by atoms with van der Waals surface area (Å²) in [6, 6.07) is 22.3. The summed E-state index contributed by atoms with van der Waals surface area (Å²) in [6.07, 6.45) is 0. The van der Waals surface area contributed by atoms with Crippen LogP contribution < -0.4 is 0 Å². The minimum atomic E-state index is 0.312. The summed E-state index contributed by atoms with van der Waals surface area (Å²) in [5.74, 6) is 0.659. The van der Waals surface area contributed by atoms with Crippen LogP contribution in [0.25, 0.3) is 10.8 Å². The summed E-state index contributed by atoms with van der Waals surface area (Å²) >= 11 is 0. The lowest BCUT2D eigenvalue weighted by atomic mass is 9.89. The van der Waals surface area contributed by atoms with Crippen molar-refractivity contribution in [2.24, 2.45) is 0 Å². The van der Waals surface area contributed by atoms with Crippen molar-refractivity contribution >= 4 is 10.8 Å². The van der Waals surface area contributed by atoms with Gasteiger partial charge in [0, 0.05) is 11.3 Å². The van der Waals surface area contributed by atoms with Crippen LogP contribution in [0.3, 0.4) is 0 Å². The van der Waals surface area contributed by atoms with Crippen LogP contribution in [0.15, 0.2) is 66.7 Å². The van der Waals surface area contributed by atoms with Crippen molar-refractivity contribution in [2.75, 3.05) is 0 Å². The molecule has 94 valence electrons. The van der Waals surface area contributed by atoms with Crippen molar-refractivity contribution in [1.29, 1.82) is 0 Å². The Morgan fingerprint density at radius 3 is 2.11 bits per heavy atom. The second-order valence-electron chi connectivity index (χ2n) is 4.85. The maximum absolute atomic E-state index is 9.95. The highest BCUT2D eigenvalue weighted by molar-refractivity contribution is 5.91. The van der Waals surface area contributed by atoms with Crippen molar-refractivity contribution < 1.29 is 5.11 Å². The fraction of sp³-hybridized carbons (Fsp3) is 0.111. The van der Waals surface area contributed by atoms with Gasteiger partial charge in [-0.15, -0.1) is 0 Å². The van der Waals surface area contributed by atoms with E-state index >= 15 is 0 Å². The standard InChI is InChI=1S/C18H16O/c1-13(14-7-3-2-4-8-14)15-11-12-18(19)17-10-6-5-9-16(15)17/h2-13,19H,1H3. The van der Waals surface area contributed by atoms with E-state index in [0.29, 0.717) is 11.7 Å². The van der Waals surface area contributed by atoms with Crippen LogP contribution in [-0.4, -0.2) is 5.11 Å². The van der Waals surface area contributed by atoms with E-state index in [9.17, 15) is 5.11 Å². The zero-order valence-corrected chi connectivity index (χ0v) is 10.9. The number of hydrogen-bond acceptors (Lipinski definition) is 1. The first-order valence-electron chi connectivity index (χ1n) is 6.53. The van der Waals surface area contributed by atoms with Crippen LogP contribution in [0, 0.1) is 0 Å². The third-order valence-corrected chi connectivity index (χ3v) is 3.70. The maximum Gasteiger partial charge on any atom is 0.123 e. The number of rotatable bonds is 2. The Kier molecular flexibility index (Phi) is 2.96. The molecule has 0 spiro atoms. The fourth-order valence-corrected chi connectivity index (χ4v) is 2.61. The van der Waals surface area contributed by atoms with Gasteiger partial charge in [0.2, 0.25) is 0 Å². The first-order valence-corrected chi connectivity index (χ1v) is 6.53. The van der Waals surface area contributed by atoms with E-state index in [1.165, 1.54) is 11.1 Å². The normalized spacial score (nSPS) is 12.5. The summed E-state index contributed by atoms with van der Waals surface area (Å²) in [5.41, 5.74) is 2.54. The van der Waals surface area contributed by atoms with Gasteiger partial charge >= 0.3 is 0 Å². The molecule has 1 heteroatoms. The van der Waals surface area contributed by atoms with Gasteiger partial charge in [0.25, 0.3) is 0 Å². The summed E-state index contributed by atoms with van der Waals surface area (Å²) in [4.78, 5) is 0. The lowest BCUT2D eigenvalue weighted by molar-refractivity contribution is 0.481. The number of benzene rings is 3. The second-order valence-corrected chi connectivity index (χ2v) is 4.85. The molecule has 19 heavy (non-hydrogen) atoms. The SMILES string of the molecule is CC(c1ccccc1)c1ccc(O)c2ccccc12. The largest absolute Gasteiger partial charge is 0.507 e. The topological polar surface area (TPSA) is 20.2 Å². The molecule has 3 rings (SSSR count). The minimum absolute atomic E-state index is 0.312. The summed E-state index contributed by atoms with van der Waals surface area (Å²) in [7, 11) is 0. The molecule has 0 saturated heterocycles. The molecule has 0 amide bonds. The molecule has 3 aromatic carbocycles. The first kappa shape index (κ1) is 11.8. The molecular formula is C18H16O. The van der Waals surface area contributed by atoms with Gasteiger partial charge in [-0.05, 0) is 22.6 Å². The quantitative estimate of drug-likeness (QED) is 0.697. The molecule has 0 saturated carbocycles. The molecule has 1 nitrogen and oxygen atoms in total. The van der Waals surface area contributed by atoms with Gasteiger partial charge in [0.1, 0.15) is 5.75 Å². The zero-order valence-electron chi connectivity index (χ0n) is 10.9. The number of phenolic OH excluding ortho intramolecular Hbond substituents is 1. The Balaban J connectivity index is 2.18. The van der Waals surface area contributed by atoms with E-state index < -0.39 is 0 Å². The van der Waals surface area contributed by atoms with Gasteiger partial charge in [0.05, 0.1) is 0 Å². The lowest BCUT2D eigenvalue weighted by Gasteiger charge is -2.15. The number of fused-ring (bicyclic) bond motifs is 1. The molecule has 0 heterocycles. The van der Waals surface area contributed by atoms with Crippen molar-refractivity contribution in [3.05, 3.63) is 77.9 Å². The molecule has 0 aromatic heterocycles. The highest BCUT2D eigenvalue weighted by Crippen LogP contribution is 2.34. The Labute approximate surface area is 113 Å². The van der Waals surface area contributed by atoms with Crippen LogP contribution in [-0.2, 0) is 0 Å². The van der Waals surface area contributed by atoms with Crippen LogP contribution in [0.5, 0.6) is 5.75 Å². The highest BCUT2D eigenvalue weighted by atomic mass is 16.3. The van der Waals surface area contributed by atoms with Crippen LogP contribution in [0.2, 0.25) is 0 Å². The molecule has 1 atom stereocenters. The Bertz CT molecular complexity index is 701. The monoisotopic (exact) mass is 248 g/mol. The zero-order chi connectivity index (χ0) is 13.2. The summed E-state index contributed by atoms with van der Waals surface area (Å²) in [6.45, 7) is 2.20. The molecule has 0 radical (unpaired) electrons. The number of aromatic hydroxyl groups is 1. The fourth-order valence-electron chi connectivity index (χ4n) is 2.61. The lowest BCUT2D eigenvalue weighted by Crippen LogP contribution is -1.96. The van der Waals surface area contributed by atoms with Gasteiger partial charge in [-0.25, -0.2) is 0 Å². The summed E-state index contributed by atoms with van der Waals surface area (Å²) < 4.78 is 0. The molecule has 0 aliphatic rings. The smallest absolute Gasteiger partial charge is 0.123 e. The van der Waals surface area contributed by atoms with Crippen LogP contribution in [0.4, 0.5) is 0 Å². The van der Waals surface area contributed by atoms with Crippen molar-refractivity contribution in [1.82, 2.24) is 0 Å². The maximum atomic E-state index is 9.95. The van der Waals surface area contributed by atoms with Gasteiger partial charge in [-0.1, -0.05) is 67.6 Å². The van der Waals surface area contributed by atoms with Gasteiger partial charge < -0.3 is 5.11 Å². The van der Waals surface area contributed by atoms with Gasteiger partial charge in [-0.3, -0.25) is 0 Å². The second kappa shape index (κ2) is 4.77. The molecular weight excluding hydrogens is 232 g/mol. The van der Waals surface area contributed by atoms with E-state index in [1.54, 1.807) is 6.07 Å². The molecule has 0 aliphatic heterocycles. The predicted molar refractivity (Wildman–Crippen MR) is 79.6 cm³/mol. The molecule has 1 unspecified atom stereocenters. The number of phenols is 1. The Morgan fingerprint density at radius 1 is 0.737 bits per heavy atom. The number of hydrogen-bond donors (Lipinski definition) is 1. The third kappa shape index (κ3) is 2.08. The Hall–Kier alpha value is -2.28. The minimum Gasteiger partial charge on any atom is -0.507 e. The van der Waals surface area contributed by atoms with Crippen LogP contribution >= 0.6 is 0 Å². The van der Waals surface area contributed by atoms with E-state index in [-0.39, 0.29) is 0 Å². The predicted octanol–water partition coefficient (Wildman–Crippen LogP) is 4.70.